The van der Waals surface area contributed by atoms with Crippen molar-refractivity contribution in [3.8, 4) is 0 Å². The Morgan fingerprint density at radius 1 is 0.917 bits per heavy atom. The minimum absolute atomic E-state index is 0.117. The highest BCUT2D eigenvalue weighted by Crippen LogP contribution is 2.30. The van der Waals surface area contributed by atoms with Gasteiger partial charge in [0.15, 0.2) is 6.10 Å². The number of rotatable bonds is 4. The molecule has 0 aromatic heterocycles. The van der Waals surface area contributed by atoms with Gasteiger partial charge in [0.1, 0.15) is 18.0 Å². The van der Waals surface area contributed by atoms with E-state index in [0.717, 1.165) is 11.8 Å². The lowest BCUT2D eigenvalue weighted by Crippen LogP contribution is -2.43. The average Bonchev–Trinajstić information content (AvgIpc) is 2.68. The number of nitrogens with one attached hydrogen (secondary N) is 1. The van der Waals surface area contributed by atoms with Crippen molar-refractivity contribution in [3.63, 3.8) is 0 Å². The molecule has 206 valence electrons. The Morgan fingerprint density at radius 2 is 1.58 bits per heavy atom. The van der Waals surface area contributed by atoms with Crippen LogP contribution in [0.1, 0.15) is 80.1 Å². The molecule has 0 spiro atoms. The first-order valence-corrected chi connectivity index (χ1v) is 13.4. The molecule has 0 fully saturated rings. The van der Waals surface area contributed by atoms with Gasteiger partial charge in [-0.25, -0.2) is 9.59 Å². The summed E-state index contributed by atoms with van der Waals surface area (Å²) in [6.07, 6.45) is 1.71. The molecule has 4 N–H and O–H groups in total. The number of aliphatic hydroxyl groups is 3. The fraction of sp³-hybridized carbons (Fsp3) is 0.769. The lowest BCUT2D eigenvalue weighted by atomic mass is 9.97. The summed E-state index contributed by atoms with van der Waals surface area (Å²) in [5.41, 5.74) is -0.522. The van der Waals surface area contributed by atoms with E-state index in [1.165, 1.54) is 6.08 Å². The van der Waals surface area contributed by atoms with Gasteiger partial charge in [0.2, 0.25) is 0 Å². The summed E-state index contributed by atoms with van der Waals surface area (Å²) in [5, 5.41) is 33.4. The number of hydrogen-bond acceptors (Lipinski definition) is 9. The molecule has 2 rings (SSSR count). The summed E-state index contributed by atoms with van der Waals surface area (Å²) in [5.74, 6) is 0.239. The number of aliphatic hydroxyl groups excluding tert-OH is 3. The third-order valence-corrected chi connectivity index (χ3v) is 6.32. The van der Waals surface area contributed by atoms with Crippen LogP contribution in [0.5, 0.6) is 0 Å². The van der Waals surface area contributed by atoms with Crippen LogP contribution in [0.2, 0.25) is 0 Å². The van der Waals surface area contributed by atoms with E-state index in [2.05, 4.69) is 5.32 Å². The van der Waals surface area contributed by atoms with Crippen molar-refractivity contribution in [2.75, 3.05) is 0 Å². The van der Waals surface area contributed by atoms with Crippen LogP contribution in [0.15, 0.2) is 24.0 Å². The van der Waals surface area contributed by atoms with E-state index >= 15 is 0 Å². The molecule has 0 aliphatic heterocycles. The predicted molar refractivity (Wildman–Crippen MR) is 139 cm³/mol. The van der Waals surface area contributed by atoms with Crippen LogP contribution >= 0.6 is 11.8 Å². The minimum atomic E-state index is -0.916. The second-order valence-electron chi connectivity index (χ2n) is 11.5. The van der Waals surface area contributed by atoms with E-state index < -0.39 is 53.6 Å². The molecule has 6 atom stereocenters. The van der Waals surface area contributed by atoms with Crippen molar-refractivity contribution in [3.05, 3.63) is 24.0 Å². The number of carbonyl (C=O) groups is 2. The Morgan fingerprint density at radius 3 is 2.22 bits per heavy atom. The topological polar surface area (TPSA) is 135 Å². The van der Waals surface area contributed by atoms with Crippen LogP contribution in [-0.4, -0.2) is 73.6 Å². The molecule has 0 aromatic carbocycles. The Hall–Kier alpha value is -1.75. The first-order valence-electron chi connectivity index (χ1n) is 12.6. The Kier molecular flexibility index (Phi) is 11.1. The average molecular weight is 530 g/mol. The monoisotopic (exact) mass is 529 g/mol. The van der Waals surface area contributed by atoms with Gasteiger partial charge in [0.25, 0.3) is 0 Å². The minimum Gasteiger partial charge on any atom is -0.491 e. The highest BCUT2D eigenvalue weighted by molar-refractivity contribution is 8.14. The third-order valence-electron chi connectivity index (χ3n) is 5.45. The van der Waals surface area contributed by atoms with E-state index in [4.69, 9.17) is 14.2 Å². The molecule has 2 aliphatic rings. The third kappa shape index (κ3) is 12.0. The maximum Gasteiger partial charge on any atom is 0.408 e. The largest absolute Gasteiger partial charge is 0.491 e. The van der Waals surface area contributed by atoms with Gasteiger partial charge in [0.05, 0.1) is 18.3 Å². The van der Waals surface area contributed by atoms with Crippen molar-refractivity contribution < 1.29 is 39.1 Å². The number of thioether (sulfide) groups is 1. The van der Waals surface area contributed by atoms with Gasteiger partial charge in [-0.1, -0.05) is 26.8 Å². The molecular weight excluding hydrogens is 486 g/mol. The summed E-state index contributed by atoms with van der Waals surface area (Å²) in [6.45, 7) is 11.2. The highest BCUT2D eigenvalue weighted by atomic mass is 32.2. The van der Waals surface area contributed by atoms with Crippen LogP contribution in [-0.2, 0) is 14.2 Å². The molecule has 0 aromatic rings. The lowest BCUT2D eigenvalue weighted by Gasteiger charge is -2.32. The molecule has 36 heavy (non-hydrogen) atoms. The molecule has 9 nitrogen and oxygen atoms in total. The zero-order valence-corrected chi connectivity index (χ0v) is 23.0. The second-order valence-corrected chi connectivity index (χ2v) is 13.3. The summed E-state index contributed by atoms with van der Waals surface area (Å²) in [7, 11) is 0. The van der Waals surface area contributed by atoms with Crippen molar-refractivity contribution in [1.82, 2.24) is 5.32 Å². The van der Waals surface area contributed by atoms with Crippen molar-refractivity contribution in [2.24, 2.45) is 0 Å². The van der Waals surface area contributed by atoms with Gasteiger partial charge in [0, 0.05) is 23.1 Å². The van der Waals surface area contributed by atoms with Crippen molar-refractivity contribution in [2.45, 2.75) is 127 Å². The molecule has 0 radical (unpaired) electrons. The zero-order valence-electron chi connectivity index (χ0n) is 22.2. The van der Waals surface area contributed by atoms with E-state index in [1.54, 1.807) is 12.2 Å². The first-order chi connectivity index (χ1) is 16.6. The molecule has 6 unspecified atom stereocenters. The normalized spacial score (nSPS) is 31.0. The van der Waals surface area contributed by atoms with Gasteiger partial charge in [-0.15, -0.1) is 0 Å². The Bertz CT molecular complexity index is 801. The molecule has 0 heterocycles. The fourth-order valence-corrected chi connectivity index (χ4v) is 4.53. The molecular formula is C26H43NO8S. The predicted octanol–water partition coefficient (Wildman–Crippen LogP) is 4.19. The van der Waals surface area contributed by atoms with Gasteiger partial charge in [-0.05, 0) is 70.4 Å². The maximum atomic E-state index is 12.5. The summed E-state index contributed by atoms with van der Waals surface area (Å²) < 4.78 is 17.2. The lowest BCUT2D eigenvalue weighted by molar-refractivity contribution is -0.0146. The van der Waals surface area contributed by atoms with Gasteiger partial charge >= 0.3 is 11.4 Å². The number of carbonyl (C=O) groups excluding carboxylic acids is 2. The van der Waals surface area contributed by atoms with Crippen LogP contribution in [0.25, 0.3) is 0 Å². The van der Waals surface area contributed by atoms with Gasteiger partial charge < -0.3 is 34.8 Å². The van der Waals surface area contributed by atoms with E-state index in [1.807, 2.05) is 41.5 Å². The molecule has 0 saturated heterocycles. The van der Waals surface area contributed by atoms with Crippen LogP contribution in [0.3, 0.4) is 0 Å². The van der Waals surface area contributed by atoms with Crippen molar-refractivity contribution in [1.29, 1.82) is 0 Å². The van der Waals surface area contributed by atoms with Gasteiger partial charge in [-0.3, -0.25) is 0 Å². The summed E-state index contributed by atoms with van der Waals surface area (Å²) in [6, 6.07) is 0. The standard InChI is InChI=1S/C26H43NO8S/c1-25(2,3)27-23(31)35-22-14-18(30)8-7-17(29)13-21(22)33-19-11-9-16(28)10-12-20(15-19)34-24(32)36-26(4,5)6/h10,12-13,16-20,22,28-30H,7-9,11,14-15H2,1-6H3,(H,27,31)/b12-10+,21-13?. The van der Waals surface area contributed by atoms with Gasteiger partial charge in [-0.2, -0.15) is 0 Å². The van der Waals surface area contributed by atoms with Crippen LogP contribution in [0.4, 0.5) is 9.59 Å². The van der Waals surface area contributed by atoms with E-state index in [9.17, 15) is 24.9 Å². The Balaban J connectivity index is 2.22. The smallest absolute Gasteiger partial charge is 0.408 e. The van der Waals surface area contributed by atoms with Crippen LogP contribution in [0, 0.1) is 0 Å². The molecule has 0 saturated carbocycles. The molecule has 10 heteroatoms. The number of amides is 1. The van der Waals surface area contributed by atoms with Crippen LogP contribution < -0.4 is 5.32 Å². The first kappa shape index (κ1) is 30.5. The summed E-state index contributed by atoms with van der Waals surface area (Å²) >= 11 is 1.08. The molecule has 1 amide bonds. The quantitative estimate of drug-likeness (QED) is 0.312. The number of hydrogen-bond donors (Lipinski definition) is 4. The Labute approximate surface area is 218 Å². The number of ether oxygens (including phenoxy) is 3. The number of alkyl carbamates (subject to hydrolysis) is 1. The van der Waals surface area contributed by atoms with E-state index in [0.29, 0.717) is 32.1 Å². The molecule has 0 bridgehead atoms. The molecule has 2 aliphatic carbocycles. The fourth-order valence-electron chi connectivity index (χ4n) is 3.86. The zero-order chi connectivity index (χ0) is 27.1. The second kappa shape index (κ2) is 13.2. The van der Waals surface area contributed by atoms with Crippen molar-refractivity contribution >= 4 is 23.2 Å². The summed E-state index contributed by atoms with van der Waals surface area (Å²) in [4.78, 5) is 24.9. The maximum absolute atomic E-state index is 12.5. The van der Waals surface area contributed by atoms with E-state index in [-0.39, 0.29) is 16.9 Å². The SMILES string of the molecule is CC(C)(C)NC(=O)OC1CC(O)CCC(O)C=C1OC1CCC(O)/C=C/C(OC(=O)SC(C)(C)C)C1. The highest BCUT2D eigenvalue weighted by Gasteiger charge is 2.32.